The third-order valence-electron chi connectivity index (χ3n) is 0.403. The molecule has 0 atom stereocenters. The van der Waals surface area contributed by atoms with Crippen LogP contribution in [0.2, 0.25) is 0 Å². The van der Waals surface area contributed by atoms with Crippen LogP contribution in [-0.2, 0) is 4.79 Å². The Morgan fingerprint density at radius 3 is 2.12 bits per heavy atom. The first kappa shape index (κ1) is 7.20. The minimum Gasteiger partial charge on any atom is -0.550 e. The van der Waals surface area contributed by atoms with Gasteiger partial charge in [0, 0.05) is 0 Å². The van der Waals surface area contributed by atoms with Gasteiger partial charge in [0.2, 0.25) is 0 Å². The molecule has 0 amide bonds. The van der Waals surface area contributed by atoms with Crippen LogP contribution in [-0.4, -0.2) is 11.9 Å². The third-order valence-corrected chi connectivity index (χ3v) is 0.403. The number of hydrogen-bond acceptors (Lipinski definition) is 2. The van der Waals surface area contributed by atoms with Gasteiger partial charge in [-0.05, 0) is 0 Å². The van der Waals surface area contributed by atoms with E-state index in [2.05, 4.69) is 6.92 Å². The van der Waals surface area contributed by atoms with Crippen LogP contribution in [0.5, 0.6) is 0 Å². The van der Waals surface area contributed by atoms with Gasteiger partial charge in [-0.1, -0.05) is 0 Å². The second-order valence-corrected chi connectivity index (χ2v) is 1.40. The molecule has 0 N–H and O–H groups in total. The van der Waals surface area contributed by atoms with E-state index in [1.54, 1.807) is 0 Å². The Labute approximate surface area is 45.1 Å². The molecule has 0 bridgehead atoms. The first-order chi connectivity index (χ1) is 3.42. The average Bonchev–Trinajstić information content (AvgIpc) is 1.21. The zero-order valence-corrected chi connectivity index (χ0v) is 3.99. The van der Waals surface area contributed by atoms with E-state index in [-0.39, 0.29) is 0 Å². The Morgan fingerprint density at radius 1 is 1.75 bits per heavy atom. The largest absolute Gasteiger partial charge is 0.550 e. The van der Waals surface area contributed by atoms with Crippen molar-refractivity contribution in [2.24, 2.45) is 0 Å². The summed E-state index contributed by atoms with van der Waals surface area (Å²) in [5, 5.41) is 9.38. The smallest absolute Gasteiger partial charge is 0.389 e. The molecule has 0 aromatic carbocycles. The molecular weight excluding hydrogens is 118 g/mol. The van der Waals surface area contributed by atoms with Gasteiger partial charge in [-0.2, -0.15) is 8.78 Å². The maximum absolute atomic E-state index is 11.4. The summed E-state index contributed by atoms with van der Waals surface area (Å²) in [6.45, 7) is 2.26. The number of rotatable bonds is 2. The third kappa shape index (κ3) is 5.20. The number of halogens is 2. The number of alkyl halides is 2. The molecule has 0 saturated carbocycles. The van der Waals surface area contributed by atoms with Crippen molar-refractivity contribution < 1.29 is 18.7 Å². The van der Waals surface area contributed by atoms with Crippen LogP contribution in [0, 0.1) is 6.92 Å². The van der Waals surface area contributed by atoms with E-state index in [1.165, 1.54) is 0 Å². The molecule has 0 rings (SSSR count). The zero-order chi connectivity index (χ0) is 6.78. The summed E-state index contributed by atoms with van der Waals surface area (Å²) in [5.74, 6) is -5.18. The van der Waals surface area contributed by atoms with E-state index in [1.807, 2.05) is 0 Å². The van der Waals surface area contributed by atoms with Crippen molar-refractivity contribution in [2.45, 2.75) is 12.3 Å². The topological polar surface area (TPSA) is 40.1 Å². The molecule has 0 aliphatic rings. The monoisotopic (exact) mass is 122 g/mol. The number of aliphatic carboxylic acids is 1. The lowest BCUT2D eigenvalue weighted by Gasteiger charge is -2.01. The van der Waals surface area contributed by atoms with Gasteiger partial charge in [-0.3, -0.25) is 0 Å². The normalized spacial score (nSPS) is 11.2. The number of carbonyl (C=O) groups is 1. The van der Waals surface area contributed by atoms with E-state index in [0.29, 0.717) is 0 Å². The van der Waals surface area contributed by atoms with Crippen molar-refractivity contribution in [2.75, 3.05) is 0 Å². The molecule has 0 unspecified atom stereocenters. The van der Waals surface area contributed by atoms with Crippen LogP contribution in [0.25, 0.3) is 0 Å². The van der Waals surface area contributed by atoms with Gasteiger partial charge in [-0.15, -0.1) is 0 Å². The average molecular weight is 122 g/mol. The summed E-state index contributed by atoms with van der Waals surface area (Å²) in [4.78, 5) is 9.38. The first-order valence-electron chi connectivity index (χ1n) is 1.85. The maximum Gasteiger partial charge on any atom is 0.389 e. The highest BCUT2D eigenvalue weighted by Crippen LogP contribution is 2.14. The Bertz CT molecular complexity index is 94.7. The molecule has 8 heavy (non-hydrogen) atoms. The van der Waals surface area contributed by atoms with Crippen molar-refractivity contribution in [1.82, 2.24) is 0 Å². The molecule has 0 aromatic rings. The molecule has 0 radical (unpaired) electrons. The molecule has 0 heterocycles. The van der Waals surface area contributed by atoms with Crippen LogP contribution in [0.15, 0.2) is 0 Å². The van der Waals surface area contributed by atoms with Gasteiger partial charge in [0.05, 0.1) is 12.4 Å². The van der Waals surface area contributed by atoms with Crippen LogP contribution in [0.3, 0.4) is 0 Å². The fraction of sp³-hybridized carbons (Fsp3) is 0.500. The Balaban J connectivity index is 3.55. The summed E-state index contributed by atoms with van der Waals surface area (Å²) in [6.07, 6.45) is -1.31. The Morgan fingerprint density at radius 2 is 2.12 bits per heavy atom. The predicted octanol–water partition coefficient (Wildman–Crippen LogP) is -0.404. The second-order valence-electron chi connectivity index (χ2n) is 1.40. The number of carbonyl (C=O) groups excluding carboxylic acids is 1. The standard InChI is InChI=1S/C4H4F2O2/c1-4(5,6)2-3(7)8/h1-2H2. The van der Waals surface area contributed by atoms with Crippen molar-refractivity contribution in [1.29, 1.82) is 0 Å². The van der Waals surface area contributed by atoms with Crippen molar-refractivity contribution >= 4 is 5.97 Å². The summed E-state index contributed by atoms with van der Waals surface area (Å²) < 4.78 is 22.9. The lowest BCUT2D eigenvalue weighted by atomic mass is 10.3. The fourth-order valence-electron chi connectivity index (χ4n) is 0.211. The van der Waals surface area contributed by atoms with Crippen molar-refractivity contribution in [3.05, 3.63) is 6.92 Å². The summed E-state index contributed by atoms with van der Waals surface area (Å²) in [7, 11) is 0. The van der Waals surface area contributed by atoms with Crippen molar-refractivity contribution in [3.63, 3.8) is 0 Å². The lowest BCUT2D eigenvalue weighted by molar-refractivity contribution is -0.309. The highest BCUT2D eigenvalue weighted by Gasteiger charge is 2.29. The molecule has 0 spiro atoms. The summed E-state index contributed by atoms with van der Waals surface area (Å²) >= 11 is 0. The van der Waals surface area contributed by atoms with Gasteiger partial charge in [0.1, 0.15) is 6.92 Å². The maximum atomic E-state index is 11.4. The minimum atomic E-state index is -3.39. The molecule has 4 heteroatoms. The molecule has 2 nitrogen and oxygen atoms in total. The van der Waals surface area contributed by atoms with E-state index in [0.717, 1.165) is 0 Å². The second kappa shape index (κ2) is 1.98. The van der Waals surface area contributed by atoms with Crippen molar-refractivity contribution in [3.8, 4) is 0 Å². The van der Waals surface area contributed by atoms with E-state index < -0.39 is 18.3 Å². The summed E-state index contributed by atoms with van der Waals surface area (Å²) in [5.41, 5.74) is 0. The first-order valence-corrected chi connectivity index (χ1v) is 1.85. The Kier molecular flexibility index (Phi) is 1.78. The van der Waals surface area contributed by atoms with Crippen LogP contribution in [0.4, 0.5) is 8.78 Å². The highest BCUT2D eigenvalue weighted by molar-refractivity contribution is 5.65. The molecular formula is C4H4F2O2. The molecule has 0 aromatic heterocycles. The fourth-order valence-corrected chi connectivity index (χ4v) is 0.211. The molecule has 0 fully saturated rings. The van der Waals surface area contributed by atoms with E-state index >= 15 is 0 Å². The van der Waals surface area contributed by atoms with E-state index in [9.17, 15) is 18.7 Å². The number of carboxylic acids is 1. The van der Waals surface area contributed by atoms with Gasteiger partial charge in [-0.25, -0.2) is 0 Å². The van der Waals surface area contributed by atoms with Gasteiger partial charge < -0.3 is 9.90 Å². The minimum absolute atomic E-state index is 1.31. The predicted molar refractivity (Wildman–Crippen MR) is 19.9 cm³/mol. The number of hydrogen-bond donors (Lipinski definition) is 0. The van der Waals surface area contributed by atoms with Crippen LogP contribution < -0.4 is 5.11 Å². The summed E-state index contributed by atoms with van der Waals surface area (Å²) in [6, 6.07) is 0. The van der Waals surface area contributed by atoms with Gasteiger partial charge >= 0.3 is 5.92 Å². The lowest BCUT2D eigenvalue weighted by Crippen LogP contribution is -2.29. The van der Waals surface area contributed by atoms with Gasteiger partial charge in [0.15, 0.2) is 0 Å². The highest BCUT2D eigenvalue weighted by atomic mass is 19.3. The number of carboxylic acid groups (broad SMARTS) is 1. The quantitative estimate of drug-likeness (QED) is 0.467. The molecule has 46 valence electrons. The van der Waals surface area contributed by atoms with Gasteiger partial charge in [0.25, 0.3) is 0 Å². The molecule has 0 aliphatic carbocycles. The molecule has 0 saturated heterocycles. The molecule has 0 aliphatic heterocycles. The van der Waals surface area contributed by atoms with Crippen LogP contribution >= 0.6 is 0 Å². The Hall–Kier alpha value is -0.800. The van der Waals surface area contributed by atoms with E-state index in [4.69, 9.17) is 0 Å². The SMILES string of the molecule is [CH2+]C(F)(F)CC(=O)[O-]. The zero-order valence-electron chi connectivity index (χ0n) is 3.99. The van der Waals surface area contributed by atoms with Crippen LogP contribution in [0.1, 0.15) is 6.42 Å².